The molecule has 0 heterocycles. The lowest BCUT2D eigenvalue weighted by molar-refractivity contribution is -0.140. The molecule has 232 valence electrons. The summed E-state index contributed by atoms with van der Waals surface area (Å²) in [5, 5.41) is 3.70. The van der Waals surface area contributed by atoms with Gasteiger partial charge >= 0.3 is 0 Å². The highest BCUT2D eigenvalue weighted by Crippen LogP contribution is 2.28. The third-order valence-electron chi connectivity index (χ3n) is 7.16. The number of amides is 2. The van der Waals surface area contributed by atoms with E-state index in [-0.39, 0.29) is 29.2 Å². The fourth-order valence-electron chi connectivity index (χ4n) is 4.57. The molecule has 7 nitrogen and oxygen atoms in total. The number of carbonyl (C=O) groups excluding carboxylic acids is 2. The summed E-state index contributed by atoms with van der Waals surface area (Å²) in [6.45, 7) is 11.7. The van der Waals surface area contributed by atoms with Crippen molar-refractivity contribution in [3.63, 3.8) is 0 Å². The lowest BCUT2D eigenvalue weighted by atomic mass is 10.0. The number of halogens is 2. The lowest BCUT2D eigenvalue weighted by Gasteiger charge is -2.33. The first-order chi connectivity index (χ1) is 20.2. The van der Waals surface area contributed by atoms with E-state index in [0.717, 1.165) is 15.4 Å². The maximum absolute atomic E-state index is 14.2. The second-order valence-corrected chi connectivity index (χ2v) is 14.1. The minimum absolute atomic E-state index is 0.00680. The number of nitrogens with zero attached hydrogens (tertiary/aromatic N) is 2. The first-order valence-corrected chi connectivity index (χ1v) is 16.6. The van der Waals surface area contributed by atoms with Gasteiger partial charge in [-0.1, -0.05) is 93.7 Å². The predicted molar refractivity (Wildman–Crippen MR) is 175 cm³/mol. The molecule has 0 fully saturated rings. The molecule has 10 heteroatoms. The van der Waals surface area contributed by atoms with E-state index in [1.807, 2.05) is 53.7 Å². The number of nitrogens with one attached hydrogen (secondary N) is 1. The number of hydrogen-bond donors (Lipinski definition) is 1. The monoisotopic (exact) mass is 645 g/mol. The van der Waals surface area contributed by atoms with Crippen molar-refractivity contribution in [2.24, 2.45) is 5.92 Å². The Labute approximate surface area is 266 Å². The van der Waals surface area contributed by atoms with Gasteiger partial charge in [0.25, 0.3) is 10.0 Å². The summed E-state index contributed by atoms with van der Waals surface area (Å²) in [5.74, 6) is -0.405. The molecule has 0 saturated heterocycles. The molecule has 1 atom stereocenters. The van der Waals surface area contributed by atoms with Gasteiger partial charge in [0.2, 0.25) is 11.8 Å². The molecule has 0 bridgehead atoms. The lowest BCUT2D eigenvalue weighted by Crippen LogP contribution is -2.52. The normalized spacial score (nSPS) is 12.3. The Kier molecular flexibility index (Phi) is 12.1. The number of benzene rings is 3. The van der Waals surface area contributed by atoms with Crippen LogP contribution < -0.4 is 9.62 Å². The van der Waals surface area contributed by atoms with Gasteiger partial charge in [0.05, 0.1) is 10.6 Å². The Hall–Kier alpha value is -3.07. The molecule has 0 spiro atoms. The van der Waals surface area contributed by atoms with Gasteiger partial charge in [-0.3, -0.25) is 13.9 Å². The summed E-state index contributed by atoms with van der Waals surface area (Å²) in [5.41, 5.74) is 2.88. The number of rotatable bonds is 13. The first-order valence-electron chi connectivity index (χ1n) is 14.4. The highest BCUT2D eigenvalue weighted by atomic mass is 35.5. The van der Waals surface area contributed by atoms with Crippen LogP contribution in [0, 0.1) is 12.8 Å². The average molecular weight is 647 g/mol. The van der Waals surface area contributed by atoms with Crippen molar-refractivity contribution < 1.29 is 18.0 Å². The smallest absolute Gasteiger partial charge is 0.264 e. The topological polar surface area (TPSA) is 86.8 Å². The van der Waals surface area contributed by atoms with Crippen LogP contribution in [0.3, 0.4) is 0 Å². The van der Waals surface area contributed by atoms with Gasteiger partial charge in [-0.2, -0.15) is 0 Å². The van der Waals surface area contributed by atoms with E-state index in [4.69, 9.17) is 23.2 Å². The molecule has 0 aliphatic rings. The molecule has 0 unspecified atom stereocenters. The Morgan fingerprint density at radius 2 is 1.53 bits per heavy atom. The van der Waals surface area contributed by atoms with Crippen LogP contribution in [0.25, 0.3) is 0 Å². The van der Waals surface area contributed by atoms with Crippen LogP contribution in [-0.4, -0.2) is 44.3 Å². The van der Waals surface area contributed by atoms with E-state index in [1.165, 1.54) is 17.0 Å². The number of carbonyl (C=O) groups is 2. The van der Waals surface area contributed by atoms with E-state index >= 15 is 0 Å². The highest BCUT2D eigenvalue weighted by Gasteiger charge is 2.34. The quantitative estimate of drug-likeness (QED) is 0.213. The van der Waals surface area contributed by atoms with Crippen molar-refractivity contribution >= 4 is 50.7 Å². The molecule has 0 aliphatic heterocycles. The minimum Gasteiger partial charge on any atom is -0.354 e. The summed E-state index contributed by atoms with van der Waals surface area (Å²) in [7, 11) is -4.15. The molecule has 0 radical (unpaired) electrons. The van der Waals surface area contributed by atoms with Crippen LogP contribution in [0.4, 0.5) is 5.69 Å². The summed E-state index contributed by atoms with van der Waals surface area (Å²) in [6, 6.07) is 17.7. The van der Waals surface area contributed by atoms with Crippen molar-refractivity contribution in [1.29, 1.82) is 0 Å². The van der Waals surface area contributed by atoms with Crippen LogP contribution in [0.5, 0.6) is 0 Å². The van der Waals surface area contributed by atoms with Gasteiger partial charge in [-0.05, 0) is 72.7 Å². The zero-order valence-electron chi connectivity index (χ0n) is 25.6. The fourth-order valence-corrected chi connectivity index (χ4v) is 6.45. The average Bonchev–Trinajstić information content (AvgIpc) is 2.95. The third kappa shape index (κ3) is 8.97. The van der Waals surface area contributed by atoms with E-state index in [0.29, 0.717) is 34.3 Å². The maximum atomic E-state index is 14.2. The highest BCUT2D eigenvalue weighted by molar-refractivity contribution is 7.92. The minimum atomic E-state index is -4.15. The molecule has 1 N–H and O–H groups in total. The Morgan fingerprint density at radius 1 is 0.907 bits per heavy atom. The summed E-state index contributed by atoms with van der Waals surface area (Å²) in [4.78, 5) is 29.1. The van der Waals surface area contributed by atoms with E-state index < -0.39 is 28.5 Å². The maximum Gasteiger partial charge on any atom is 0.264 e. The van der Waals surface area contributed by atoms with Crippen molar-refractivity contribution in [3.8, 4) is 0 Å². The van der Waals surface area contributed by atoms with Crippen LogP contribution >= 0.6 is 23.2 Å². The molecular weight excluding hydrogens is 605 g/mol. The van der Waals surface area contributed by atoms with Gasteiger partial charge in [0.1, 0.15) is 12.6 Å². The van der Waals surface area contributed by atoms with Crippen LogP contribution in [0.2, 0.25) is 10.0 Å². The number of hydrogen-bond acceptors (Lipinski definition) is 4. The number of sulfonamides is 1. The molecule has 2 amide bonds. The van der Waals surface area contributed by atoms with Gasteiger partial charge in [0.15, 0.2) is 0 Å². The standard InChI is InChI=1S/C33H41Cl2N3O4S/c1-7-31(33(40)36-19-22(2)3)37(20-26-10-13-27(34)18-30(26)35)32(39)21-38(28-14-11-25(12-15-28)23(4)5)43(41,42)29-16-8-24(6)9-17-29/h8-18,22-23,31H,7,19-21H2,1-6H3,(H,36,40)/t31-/m0/s1. The second kappa shape index (κ2) is 15.1. The van der Waals surface area contributed by atoms with Gasteiger partial charge < -0.3 is 10.2 Å². The molecule has 3 aromatic carbocycles. The molecule has 3 aromatic rings. The first kappa shape index (κ1) is 34.4. The molecular formula is C33H41Cl2N3O4S. The number of aryl methyl sites for hydroxylation is 1. The molecule has 43 heavy (non-hydrogen) atoms. The van der Waals surface area contributed by atoms with Crippen LogP contribution in [0.15, 0.2) is 71.6 Å². The fraction of sp³-hybridized carbons (Fsp3) is 0.394. The van der Waals surface area contributed by atoms with Crippen molar-refractivity contribution in [2.45, 2.75) is 71.4 Å². The van der Waals surface area contributed by atoms with E-state index in [2.05, 4.69) is 5.32 Å². The molecule has 0 aliphatic carbocycles. The zero-order valence-corrected chi connectivity index (χ0v) is 27.9. The van der Waals surface area contributed by atoms with Crippen molar-refractivity contribution in [1.82, 2.24) is 10.2 Å². The Bertz CT molecular complexity index is 1510. The van der Waals surface area contributed by atoms with E-state index in [9.17, 15) is 18.0 Å². The number of anilines is 1. The Balaban J connectivity index is 2.09. The van der Waals surface area contributed by atoms with Gasteiger partial charge in [-0.25, -0.2) is 8.42 Å². The predicted octanol–water partition coefficient (Wildman–Crippen LogP) is 7.20. The van der Waals surface area contributed by atoms with Crippen molar-refractivity contribution in [2.75, 3.05) is 17.4 Å². The molecule has 0 saturated carbocycles. The van der Waals surface area contributed by atoms with Crippen LogP contribution in [-0.2, 0) is 26.2 Å². The summed E-state index contributed by atoms with van der Waals surface area (Å²) in [6.07, 6.45) is 0.314. The zero-order chi connectivity index (χ0) is 31.9. The largest absolute Gasteiger partial charge is 0.354 e. The summed E-state index contributed by atoms with van der Waals surface area (Å²) < 4.78 is 29.2. The van der Waals surface area contributed by atoms with E-state index in [1.54, 1.807) is 42.5 Å². The second-order valence-electron chi connectivity index (χ2n) is 11.4. The Morgan fingerprint density at radius 3 is 2.07 bits per heavy atom. The molecule has 3 rings (SSSR count). The van der Waals surface area contributed by atoms with Gasteiger partial charge in [0, 0.05) is 23.1 Å². The molecule has 0 aromatic heterocycles. The van der Waals surface area contributed by atoms with Crippen LogP contribution in [0.1, 0.15) is 63.6 Å². The van der Waals surface area contributed by atoms with Gasteiger partial charge in [-0.15, -0.1) is 0 Å². The van der Waals surface area contributed by atoms with Crippen molar-refractivity contribution in [3.05, 3.63) is 93.5 Å². The summed E-state index contributed by atoms with van der Waals surface area (Å²) >= 11 is 12.6. The SMILES string of the molecule is CC[C@@H](C(=O)NCC(C)C)N(Cc1ccc(Cl)cc1Cl)C(=O)CN(c1ccc(C(C)C)cc1)S(=O)(=O)c1ccc(C)cc1. The third-order valence-corrected chi connectivity index (χ3v) is 9.54.